The Morgan fingerprint density at radius 1 is 1.33 bits per heavy atom. The number of hydrogen-bond acceptors (Lipinski definition) is 3. The van der Waals surface area contributed by atoms with Gasteiger partial charge in [-0.25, -0.2) is 4.39 Å². The van der Waals surface area contributed by atoms with E-state index in [1.165, 1.54) is 4.90 Å². The molecule has 2 rings (SSSR count). The van der Waals surface area contributed by atoms with Crippen LogP contribution in [0, 0.1) is 12.7 Å². The number of thioether (sulfide) groups is 1. The first-order valence-corrected chi connectivity index (χ1v) is 7.69. The molecule has 1 aromatic carbocycles. The van der Waals surface area contributed by atoms with Crippen LogP contribution in [0.4, 0.5) is 4.39 Å². The van der Waals surface area contributed by atoms with E-state index in [0.29, 0.717) is 0 Å². The van der Waals surface area contributed by atoms with E-state index in [2.05, 4.69) is 10.2 Å². The molecule has 2 nitrogen and oxygen atoms in total. The van der Waals surface area contributed by atoms with Crippen molar-refractivity contribution in [3.8, 4) is 0 Å². The van der Waals surface area contributed by atoms with Gasteiger partial charge in [0.2, 0.25) is 0 Å². The molecule has 100 valence electrons. The van der Waals surface area contributed by atoms with Gasteiger partial charge in [0.15, 0.2) is 0 Å². The summed E-state index contributed by atoms with van der Waals surface area (Å²) in [5.41, 5.74) is 1.88. The van der Waals surface area contributed by atoms with E-state index in [9.17, 15) is 4.39 Å². The zero-order valence-electron chi connectivity index (χ0n) is 11.1. The Bertz CT molecular complexity index is 403. The summed E-state index contributed by atoms with van der Waals surface area (Å²) in [6.07, 6.45) is 2.85. The molecular formula is C14H21FN2S. The van der Waals surface area contributed by atoms with Crippen LogP contribution in [-0.2, 0) is 6.42 Å². The third-order valence-electron chi connectivity index (χ3n) is 3.47. The van der Waals surface area contributed by atoms with Gasteiger partial charge in [-0.3, -0.25) is 0 Å². The van der Waals surface area contributed by atoms with Crippen LogP contribution in [0.25, 0.3) is 0 Å². The van der Waals surface area contributed by atoms with Crippen molar-refractivity contribution in [2.45, 2.75) is 18.2 Å². The molecule has 0 radical (unpaired) electrons. The third kappa shape index (κ3) is 3.46. The predicted molar refractivity (Wildman–Crippen MR) is 75.9 cm³/mol. The van der Waals surface area contributed by atoms with Crippen molar-refractivity contribution in [1.29, 1.82) is 0 Å². The molecular weight excluding hydrogens is 247 g/mol. The van der Waals surface area contributed by atoms with E-state index < -0.39 is 0 Å². The average molecular weight is 268 g/mol. The van der Waals surface area contributed by atoms with Crippen LogP contribution in [-0.4, -0.2) is 43.9 Å². The number of nitrogens with zero attached hydrogens (tertiary/aromatic N) is 1. The molecule has 1 saturated heterocycles. The van der Waals surface area contributed by atoms with Crippen LogP contribution in [0.3, 0.4) is 0 Å². The van der Waals surface area contributed by atoms with Crippen LogP contribution < -0.4 is 5.32 Å². The maximum atomic E-state index is 13.9. The van der Waals surface area contributed by atoms with Gasteiger partial charge in [0.25, 0.3) is 0 Å². The minimum absolute atomic E-state index is 0.0552. The monoisotopic (exact) mass is 268 g/mol. The van der Waals surface area contributed by atoms with E-state index in [-0.39, 0.29) is 5.82 Å². The summed E-state index contributed by atoms with van der Waals surface area (Å²) in [6.45, 7) is 7.16. The first kappa shape index (κ1) is 13.8. The van der Waals surface area contributed by atoms with Gasteiger partial charge < -0.3 is 10.2 Å². The summed E-state index contributed by atoms with van der Waals surface area (Å²) in [5.74, 6) is -0.0552. The first-order valence-electron chi connectivity index (χ1n) is 6.47. The zero-order valence-corrected chi connectivity index (χ0v) is 11.9. The maximum Gasteiger partial charge on any atom is 0.126 e. The summed E-state index contributed by atoms with van der Waals surface area (Å²) >= 11 is 1.69. The van der Waals surface area contributed by atoms with Gasteiger partial charge in [0.05, 0.1) is 0 Å². The number of hydrogen-bond donors (Lipinski definition) is 1. The van der Waals surface area contributed by atoms with E-state index in [0.717, 1.165) is 50.3 Å². The molecule has 0 spiro atoms. The highest BCUT2D eigenvalue weighted by atomic mass is 32.2. The topological polar surface area (TPSA) is 15.3 Å². The van der Waals surface area contributed by atoms with Gasteiger partial charge in [-0.2, -0.15) is 0 Å². The minimum atomic E-state index is -0.0552. The van der Waals surface area contributed by atoms with E-state index >= 15 is 0 Å². The standard InChI is InChI=1S/C14H21FN2S/c1-11-9-13(15)12(10-14(11)18-2)3-6-17-7-4-16-5-8-17/h9-10,16H,3-8H2,1-2H3. The maximum absolute atomic E-state index is 13.9. The fourth-order valence-electron chi connectivity index (χ4n) is 2.32. The fraction of sp³-hybridized carbons (Fsp3) is 0.571. The molecule has 0 saturated carbocycles. The average Bonchev–Trinajstić information content (AvgIpc) is 2.39. The van der Waals surface area contributed by atoms with Crippen LogP contribution in [0.5, 0.6) is 0 Å². The highest BCUT2D eigenvalue weighted by molar-refractivity contribution is 7.98. The van der Waals surface area contributed by atoms with Crippen molar-refractivity contribution < 1.29 is 4.39 Å². The second kappa shape index (κ2) is 6.55. The molecule has 1 aliphatic heterocycles. The van der Waals surface area contributed by atoms with Crippen molar-refractivity contribution in [3.63, 3.8) is 0 Å². The molecule has 1 aromatic rings. The lowest BCUT2D eigenvalue weighted by molar-refractivity contribution is 0.243. The Morgan fingerprint density at radius 2 is 2.06 bits per heavy atom. The molecule has 18 heavy (non-hydrogen) atoms. The van der Waals surface area contributed by atoms with Gasteiger partial charge in [-0.1, -0.05) is 0 Å². The molecule has 1 heterocycles. The molecule has 0 aromatic heterocycles. The van der Waals surface area contributed by atoms with Gasteiger partial charge in [0.1, 0.15) is 5.82 Å². The quantitative estimate of drug-likeness (QED) is 0.844. The zero-order chi connectivity index (χ0) is 13.0. The Morgan fingerprint density at radius 3 is 2.72 bits per heavy atom. The van der Waals surface area contributed by atoms with Crippen molar-refractivity contribution in [3.05, 3.63) is 29.1 Å². The predicted octanol–water partition coefficient (Wildman–Crippen LogP) is 2.30. The summed E-state index contributed by atoms with van der Waals surface area (Å²) in [7, 11) is 0. The summed E-state index contributed by atoms with van der Waals surface area (Å²) < 4.78 is 13.9. The SMILES string of the molecule is CSc1cc(CCN2CCNCC2)c(F)cc1C. The lowest BCUT2D eigenvalue weighted by Crippen LogP contribution is -2.44. The Kier molecular flexibility index (Phi) is 5.03. The van der Waals surface area contributed by atoms with Gasteiger partial charge in [-0.05, 0) is 42.9 Å². The van der Waals surface area contributed by atoms with Gasteiger partial charge in [0, 0.05) is 37.6 Å². The summed E-state index contributed by atoms with van der Waals surface area (Å²) in [6, 6.07) is 3.68. The number of nitrogens with one attached hydrogen (secondary N) is 1. The molecule has 0 atom stereocenters. The highest BCUT2D eigenvalue weighted by Gasteiger charge is 2.12. The molecule has 0 bridgehead atoms. The van der Waals surface area contributed by atoms with Crippen molar-refractivity contribution in [2.75, 3.05) is 39.0 Å². The van der Waals surface area contributed by atoms with Crippen LogP contribution in [0.15, 0.2) is 17.0 Å². The highest BCUT2D eigenvalue weighted by Crippen LogP contribution is 2.23. The Balaban J connectivity index is 1.99. The van der Waals surface area contributed by atoms with Crippen LogP contribution >= 0.6 is 11.8 Å². The minimum Gasteiger partial charge on any atom is -0.314 e. The number of benzene rings is 1. The van der Waals surface area contributed by atoms with Gasteiger partial charge >= 0.3 is 0 Å². The van der Waals surface area contributed by atoms with Gasteiger partial charge in [-0.15, -0.1) is 11.8 Å². The molecule has 1 fully saturated rings. The van der Waals surface area contributed by atoms with Crippen molar-refractivity contribution in [2.24, 2.45) is 0 Å². The molecule has 4 heteroatoms. The van der Waals surface area contributed by atoms with Crippen LogP contribution in [0.2, 0.25) is 0 Å². The Labute approximate surface area is 113 Å². The van der Waals surface area contributed by atoms with Crippen molar-refractivity contribution in [1.82, 2.24) is 10.2 Å². The Hall–Kier alpha value is -0.580. The molecule has 1 N–H and O–H groups in total. The van der Waals surface area contributed by atoms with E-state index in [1.54, 1.807) is 17.8 Å². The second-order valence-corrected chi connectivity index (χ2v) is 5.60. The molecule has 0 unspecified atom stereocenters. The normalized spacial score (nSPS) is 17.1. The first-order chi connectivity index (χ1) is 8.70. The lowest BCUT2D eigenvalue weighted by atomic mass is 10.1. The number of piperazine rings is 1. The summed E-state index contributed by atoms with van der Waals surface area (Å²) in [5, 5.41) is 3.33. The van der Waals surface area contributed by atoms with E-state index in [4.69, 9.17) is 0 Å². The largest absolute Gasteiger partial charge is 0.314 e. The van der Waals surface area contributed by atoms with E-state index in [1.807, 2.05) is 19.2 Å². The van der Waals surface area contributed by atoms with Crippen molar-refractivity contribution >= 4 is 11.8 Å². The number of halogens is 1. The fourth-order valence-corrected chi connectivity index (χ4v) is 2.96. The second-order valence-electron chi connectivity index (χ2n) is 4.75. The molecule has 0 amide bonds. The summed E-state index contributed by atoms with van der Waals surface area (Å²) in [4.78, 5) is 3.58. The lowest BCUT2D eigenvalue weighted by Gasteiger charge is -2.27. The number of rotatable bonds is 4. The molecule has 0 aliphatic carbocycles. The third-order valence-corrected chi connectivity index (χ3v) is 4.35. The number of aryl methyl sites for hydroxylation is 1. The van der Waals surface area contributed by atoms with Crippen LogP contribution in [0.1, 0.15) is 11.1 Å². The molecule has 1 aliphatic rings. The smallest absolute Gasteiger partial charge is 0.126 e.